The van der Waals surface area contributed by atoms with Crippen molar-refractivity contribution in [3.05, 3.63) is 94.4 Å². The minimum atomic E-state index is -0.323. The summed E-state index contributed by atoms with van der Waals surface area (Å²) in [6.45, 7) is 0.934. The molecule has 0 unspecified atom stereocenters. The molecule has 0 aliphatic rings. The maximum atomic E-state index is 13.6. The average Bonchev–Trinajstić information content (AvgIpc) is 2.70. The lowest BCUT2D eigenvalue weighted by Gasteiger charge is -2.22. The van der Waals surface area contributed by atoms with Gasteiger partial charge in [0, 0.05) is 19.3 Å². The Morgan fingerprint density at radius 1 is 1.10 bits per heavy atom. The molecule has 0 atom stereocenters. The summed E-state index contributed by atoms with van der Waals surface area (Å²) >= 11 is 5.81. The molecule has 7 heteroatoms. The van der Waals surface area contributed by atoms with E-state index in [2.05, 4.69) is 16.4 Å². The van der Waals surface area contributed by atoms with Crippen LogP contribution >= 0.6 is 11.6 Å². The van der Waals surface area contributed by atoms with Crippen LogP contribution in [0, 0.1) is 17.1 Å². The quantitative estimate of drug-likeness (QED) is 0.629. The molecule has 29 heavy (non-hydrogen) atoms. The molecule has 1 N–H and O–H groups in total. The van der Waals surface area contributed by atoms with Crippen molar-refractivity contribution in [2.24, 2.45) is 0 Å². The summed E-state index contributed by atoms with van der Waals surface area (Å²) in [5, 5.41) is 12.2. The Labute approximate surface area is 173 Å². The van der Waals surface area contributed by atoms with Crippen LogP contribution in [0.4, 0.5) is 10.2 Å². The van der Waals surface area contributed by atoms with Crippen LogP contribution in [0.5, 0.6) is 0 Å². The Kier molecular flexibility index (Phi) is 6.90. The number of pyridine rings is 1. The summed E-state index contributed by atoms with van der Waals surface area (Å²) in [6, 6.07) is 18.8. The molecule has 0 saturated heterocycles. The molecule has 0 saturated carbocycles. The van der Waals surface area contributed by atoms with Crippen molar-refractivity contribution in [2.45, 2.75) is 13.1 Å². The van der Waals surface area contributed by atoms with E-state index in [1.165, 1.54) is 18.3 Å². The number of nitrogens with zero attached hydrogens (tertiary/aromatic N) is 3. The van der Waals surface area contributed by atoms with Crippen molar-refractivity contribution >= 4 is 23.3 Å². The minimum absolute atomic E-state index is 0.0841. The molecule has 3 rings (SSSR count). The van der Waals surface area contributed by atoms with E-state index in [0.717, 1.165) is 11.1 Å². The molecular weight excluding hydrogens is 391 g/mol. The molecule has 0 spiro atoms. The van der Waals surface area contributed by atoms with E-state index in [9.17, 15) is 9.18 Å². The number of nitrogens with one attached hydrogen (secondary N) is 1. The van der Waals surface area contributed by atoms with E-state index in [1.54, 1.807) is 30.3 Å². The second-order valence-electron chi connectivity index (χ2n) is 6.49. The van der Waals surface area contributed by atoms with Gasteiger partial charge < -0.3 is 5.32 Å². The fraction of sp³-hybridized carbons (Fsp3) is 0.136. The highest BCUT2D eigenvalue weighted by molar-refractivity contribution is 6.30. The van der Waals surface area contributed by atoms with Crippen LogP contribution in [0.15, 0.2) is 66.9 Å². The van der Waals surface area contributed by atoms with E-state index in [0.29, 0.717) is 29.5 Å². The molecule has 1 amide bonds. The number of benzene rings is 2. The highest BCUT2D eigenvalue weighted by atomic mass is 35.5. The lowest BCUT2D eigenvalue weighted by molar-refractivity contribution is -0.117. The fourth-order valence-corrected chi connectivity index (χ4v) is 2.95. The van der Waals surface area contributed by atoms with E-state index in [-0.39, 0.29) is 18.3 Å². The zero-order valence-electron chi connectivity index (χ0n) is 15.5. The molecule has 0 aliphatic heterocycles. The van der Waals surface area contributed by atoms with Gasteiger partial charge in [-0.25, -0.2) is 9.37 Å². The van der Waals surface area contributed by atoms with E-state index >= 15 is 0 Å². The Hall–Kier alpha value is -3.27. The fourth-order valence-electron chi connectivity index (χ4n) is 2.84. The van der Waals surface area contributed by atoms with Gasteiger partial charge in [0.2, 0.25) is 5.91 Å². The van der Waals surface area contributed by atoms with Crippen LogP contribution in [0.3, 0.4) is 0 Å². The Morgan fingerprint density at radius 2 is 1.86 bits per heavy atom. The van der Waals surface area contributed by atoms with Crippen LogP contribution in [0.2, 0.25) is 5.02 Å². The van der Waals surface area contributed by atoms with Crippen LogP contribution in [0.25, 0.3) is 0 Å². The van der Waals surface area contributed by atoms with Gasteiger partial charge >= 0.3 is 0 Å². The molecule has 5 nitrogen and oxygen atoms in total. The SMILES string of the molecule is N#Cc1ccc(CN(CC(=O)Nc2ccc(Cl)cn2)Cc2cccc(F)c2)cc1. The maximum absolute atomic E-state index is 13.6. The minimum Gasteiger partial charge on any atom is -0.310 e. The Morgan fingerprint density at radius 3 is 2.52 bits per heavy atom. The monoisotopic (exact) mass is 408 g/mol. The number of anilines is 1. The first-order valence-corrected chi connectivity index (χ1v) is 9.27. The van der Waals surface area contributed by atoms with Gasteiger partial charge in [-0.1, -0.05) is 35.9 Å². The Bertz CT molecular complexity index is 1020. The number of amides is 1. The number of halogens is 2. The van der Waals surface area contributed by atoms with Gasteiger partial charge in [0.1, 0.15) is 11.6 Å². The number of hydrogen-bond donors (Lipinski definition) is 1. The molecular formula is C22H18ClFN4O. The number of aromatic nitrogens is 1. The van der Waals surface area contributed by atoms with Crippen molar-refractivity contribution in [1.29, 1.82) is 5.26 Å². The summed E-state index contributed by atoms with van der Waals surface area (Å²) in [6.07, 6.45) is 1.46. The summed E-state index contributed by atoms with van der Waals surface area (Å²) in [5.74, 6) is -0.163. The van der Waals surface area contributed by atoms with Crippen LogP contribution in [0.1, 0.15) is 16.7 Å². The zero-order chi connectivity index (χ0) is 20.6. The van der Waals surface area contributed by atoms with E-state index < -0.39 is 0 Å². The van der Waals surface area contributed by atoms with Gasteiger partial charge in [0.25, 0.3) is 0 Å². The number of carbonyl (C=O) groups excluding carboxylic acids is 1. The summed E-state index contributed by atoms with van der Waals surface area (Å²) < 4.78 is 13.6. The summed E-state index contributed by atoms with van der Waals surface area (Å²) in [4.78, 5) is 18.5. The number of rotatable bonds is 7. The highest BCUT2D eigenvalue weighted by Crippen LogP contribution is 2.14. The lowest BCUT2D eigenvalue weighted by Crippen LogP contribution is -2.32. The third-order valence-electron chi connectivity index (χ3n) is 4.15. The highest BCUT2D eigenvalue weighted by Gasteiger charge is 2.13. The normalized spacial score (nSPS) is 10.6. The van der Waals surface area contributed by atoms with Gasteiger partial charge in [0.15, 0.2) is 0 Å². The van der Waals surface area contributed by atoms with Crippen molar-refractivity contribution in [1.82, 2.24) is 9.88 Å². The van der Waals surface area contributed by atoms with E-state index in [1.807, 2.05) is 23.1 Å². The second-order valence-corrected chi connectivity index (χ2v) is 6.93. The van der Waals surface area contributed by atoms with Gasteiger partial charge in [-0.15, -0.1) is 0 Å². The first-order chi connectivity index (χ1) is 14.0. The molecule has 3 aromatic rings. The maximum Gasteiger partial charge on any atom is 0.239 e. The zero-order valence-corrected chi connectivity index (χ0v) is 16.2. The third-order valence-corrected chi connectivity index (χ3v) is 4.37. The van der Waals surface area contributed by atoms with Crippen molar-refractivity contribution in [3.8, 4) is 6.07 Å². The molecule has 146 valence electrons. The van der Waals surface area contributed by atoms with Crippen LogP contribution in [-0.2, 0) is 17.9 Å². The van der Waals surface area contributed by atoms with Gasteiger partial charge in [0.05, 0.1) is 23.2 Å². The lowest BCUT2D eigenvalue weighted by atomic mass is 10.1. The first-order valence-electron chi connectivity index (χ1n) is 8.89. The number of carbonyl (C=O) groups is 1. The van der Waals surface area contributed by atoms with Crippen LogP contribution in [-0.4, -0.2) is 22.3 Å². The second kappa shape index (κ2) is 9.78. The number of nitriles is 1. The molecule has 0 bridgehead atoms. The predicted molar refractivity (Wildman–Crippen MR) is 110 cm³/mol. The molecule has 0 aliphatic carbocycles. The standard InChI is InChI=1S/C22H18ClFN4O/c23-19-8-9-21(26-12-19)27-22(29)15-28(14-18-2-1-3-20(24)10-18)13-17-6-4-16(11-25)5-7-17/h1-10,12H,13-15H2,(H,26,27,29). The molecule has 1 aromatic heterocycles. The molecule has 2 aromatic carbocycles. The summed E-state index contributed by atoms with van der Waals surface area (Å²) in [5.41, 5.74) is 2.27. The van der Waals surface area contributed by atoms with Gasteiger partial charge in [-0.3, -0.25) is 9.69 Å². The van der Waals surface area contributed by atoms with Crippen molar-refractivity contribution in [2.75, 3.05) is 11.9 Å². The average molecular weight is 409 g/mol. The summed E-state index contributed by atoms with van der Waals surface area (Å²) in [7, 11) is 0. The predicted octanol–water partition coefficient (Wildman–Crippen LogP) is 4.39. The van der Waals surface area contributed by atoms with Gasteiger partial charge in [-0.2, -0.15) is 5.26 Å². The molecule has 0 fully saturated rings. The van der Waals surface area contributed by atoms with Crippen molar-refractivity contribution in [3.63, 3.8) is 0 Å². The van der Waals surface area contributed by atoms with Crippen LogP contribution < -0.4 is 5.32 Å². The largest absolute Gasteiger partial charge is 0.310 e. The number of hydrogen-bond acceptors (Lipinski definition) is 4. The van der Waals surface area contributed by atoms with Crippen molar-refractivity contribution < 1.29 is 9.18 Å². The molecule has 0 radical (unpaired) electrons. The van der Waals surface area contributed by atoms with E-state index in [4.69, 9.17) is 16.9 Å². The third kappa shape index (κ3) is 6.39. The Balaban J connectivity index is 1.72. The van der Waals surface area contributed by atoms with Gasteiger partial charge in [-0.05, 0) is 47.5 Å². The smallest absolute Gasteiger partial charge is 0.239 e. The molecule has 1 heterocycles. The first kappa shape index (κ1) is 20.5. The topological polar surface area (TPSA) is 69.0 Å².